The quantitative estimate of drug-likeness (QED) is 0.444. The highest BCUT2D eigenvalue weighted by Gasteiger charge is 2.17. The molecular formula is C20H14ClFN2O. The molecule has 5 heteroatoms. The van der Waals surface area contributed by atoms with Gasteiger partial charge in [0.15, 0.2) is 0 Å². The number of nitrogens with one attached hydrogen (secondary N) is 1. The van der Waals surface area contributed by atoms with E-state index in [4.69, 9.17) is 22.1 Å². The maximum atomic E-state index is 13.7. The molecule has 3 aromatic carbocycles. The second-order valence-corrected chi connectivity index (χ2v) is 6.08. The highest BCUT2D eigenvalue weighted by molar-refractivity contribution is 6.32. The number of fused-ring (bicyclic) bond motifs is 1. The van der Waals surface area contributed by atoms with Crippen LogP contribution in [0, 0.1) is 5.82 Å². The molecule has 0 aliphatic heterocycles. The second-order valence-electron chi connectivity index (χ2n) is 5.68. The number of H-pyrrole nitrogens is 1. The molecule has 0 saturated heterocycles. The summed E-state index contributed by atoms with van der Waals surface area (Å²) in [4.78, 5) is 3.24. The summed E-state index contributed by atoms with van der Waals surface area (Å²) in [7, 11) is 0. The molecule has 0 saturated carbocycles. The Labute approximate surface area is 148 Å². The summed E-state index contributed by atoms with van der Waals surface area (Å²) in [6, 6.07) is 19.2. The molecule has 0 atom stereocenters. The first kappa shape index (κ1) is 15.5. The zero-order chi connectivity index (χ0) is 17.4. The van der Waals surface area contributed by atoms with Gasteiger partial charge in [0.05, 0.1) is 10.6 Å². The molecule has 0 radical (unpaired) electrons. The Morgan fingerprint density at radius 3 is 2.60 bits per heavy atom. The topological polar surface area (TPSA) is 51.0 Å². The molecule has 0 fully saturated rings. The van der Waals surface area contributed by atoms with Gasteiger partial charge in [0.1, 0.15) is 11.6 Å². The number of aromatic nitrogens is 1. The van der Waals surface area contributed by atoms with Crippen molar-refractivity contribution >= 4 is 28.2 Å². The Balaban J connectivity index is 1.90. The van der Waals surface area contributed by atoms with E-state index in [0.29, 0.717) is 22.3 Å². The van der Waals surface area contributed by atoms with Crippen LogP contribution in [0.4, 0.5) is 10.1 Å². The van der Waals surface area contributed by atoms with Crippen molar-refractivity contribution < 1.29 is 9.13 Å². The maximum Gasteiger partial charge on any atom is 0.206 e. The van der Waals surface area contributed by atoms with Crippen molar-refractivity contribution in [3.05, 3.63) is 77.6 Å². The molecule has 0 unspecified atom stereocenters. The van der Waals surface area contributed by atoms with Crippen LogP contribution in [0.15, 0.2) is 66.7 Å². The fourth-order valence-corrected chi connectivity index (χ4v) is 3.06. The number of nitrogen functional groups attached to an aromatic ring is 1. The van der Waals surface area contributed by atoms with Gasteiger partial charge >= 0.3 is 0 Å². The van der Waals surface area contributed by atoms with Crippen molar-refractivity contribution in [2.75, 3.05) is 5.73 Å². The molecule has 124 valence electrons. The Morgan fingerprint density at radius 1 is 0.960 bits per heavy atom. The van der Waals surface area contributed by atoms with Gasteiger partial charge in [-0.05, 0) is 42.0 Å². The number of nitrogens with two attached hydrogens (primary N) is 1. The third kappa shape index (κ3) is 2.92. The highest BCUT2D eigenvalue weighted by atomic mass is 35.5. The van der Waals surface area contributed by atoms with Crippen LogP contribution in [0.5, 0.6) is 11.6 Å². The van der Waals surface area contributed by atoms with Crippen LogP contribution in [-0.4, -0.2) is 4.98 Å². The average Bonchev–Trinajstić information content (AvgIpc) is 2.95. The van der Waals surface area contributed by atoms with Crippen LogP contribution >= 0.6 is 11.6 Å². The first-order chi connectivity index (χ1) is 12.1. The Bertz CT molecular complexity index is 1070. The minimum Gasteiger partial charge on any atom is -0.439 e. The molecule has 0 amide bonds. The summed E-state index contributed by atoms with van der Waals surface area (Å²) in [6.07, 6.45) is 0. The van der Waals surface area contributed by atoms with E-state index < -0.39 is 0 Å². The monoisotopic (exact) mass is 352 g/mol. The SMILES string of the molecule is Nc1ccc(Oc2[nH]c3ccccc3c2-c2cccc(F)c2)c(Cl)c1. The molecule has 4 aromatic rings. The first-order valence-electron chi connectivity index (χ1n) is 7.71. The van der Waals surface area contributed by atoms with Crippen LogP contribution in [0.3, 0.4) is 0 Å². The Hall–Kier alpha value is -2.98. The normalized spacial score (nSPS) is 11.0. The number of anilines is 1. The van der Waals surface area contributed by atoms with Crippen molar-refractivity contribution in [3.63, 3.8) is 0 Å². The molecule has 25 heavy (non-hydrogen) atoms. The molecule has 4 rings (SSSR count). The van der Waals surface area contributed by atoms with Gasteiger partial charge in [-0.1, -0.05) is 41.9 Å². The van der Waals surface area contributed by atoms with Crippen molar-refractivity contribution in [2.24, 2.45) is 0 Å². The number of hydrogen-bond donors (Lipinski definition) is 2. The van der Waals surface area contributed by atoms with E-state index in [1.54, 1.807) is 24.3 Å². The lowest BCUT2D eigenvalue weighted by Gasteiger charge is -2.09. The average molecular weight is 353 g/mol. The number of ether oxygens (including phenoxy) is 1. The standard InChI is InChI=1S/C20H14ClFN2O/c21-16-11-14(23)8-9-18(16)25-20-19(12-4-3-5-13(22)10-12)15-6-1-2-7-17(15)24-20/h1-11,24H,23H2. The van der Waals surface area contributed by atoms with Crippen molar-refractivity contribution in [3.8, 4) is 22.8 Å². The third-order valence-electron chi connectivity index (χ3n) is 3.95. The fourth-order valence-electron chi connectivity index (χ4n) is 2.83. The number of rotatable bonds is 3. The molecular weight excluding hydrogens is 339 g/mol. The van der Waals surface area contributed by atoms with Gasteiger partial charge < -0.3 is 15.5 Å². The van der Waals surface area contributed by atoms with E-state index >= 15 is 0 Å². The predicted molar refractivity (Wildman–Crippen MR) is 99.6 cm³/mol. The molecule has 0 aliphatic rings. The lowest BCUT2D eigenvalue weighted by Crippen LogP contribution is -1.90. The minimum absolute atomic E-state index is 0.306. The number of hydrogen-bond acceptors (Lipinski definition) is 2. The molecule has 0 aliphatic carbocycles. The fraction of sp³-hybridized carbons (Fsp3) is 0. The van der Waals surface area contributed by atoms with Gasteiger partial charge in [-0.25, -0.2) is 4.39 Å². The van der Waals surface area contributed by atoms with Gasteiger partial charge in [-0.3, -0.25) is 0 Å². The maximum absolute atomic E-state index is 13.7. The van der Waals surface area contributed by atoms with Gasteiger partial charge in [0.2, 0.25) is 5.88 Å². The summed E-state index contributed by atoms with van der Waals surface area (Å²) >= 11 is 6.22. The predicted octanol–water partition coefficient (Wildman–Crippen LogP) is 6.00. The highest BCUT2D eigenvalue weighted by Crippen LogP contribution is 2.41. The number of benzene rings is 3. The van der Waals surface area contributed by atoms with Crippen LogP contribution in [0.2, 0.25) is 5.02 Å². The zero-order valence-corrected chi connectivity index (χ0v) is 13.8. The molecule has 3 N–H and O–H groups in total. The largest absolute Gasteiger partial charge is 0.439 e. The van der Waals surface area contributed by atoms with Crippen LogP contribution in [0.25, 0.3) is 22.0 Å². The summed E-state index contributed by atoms with van der Waals surface area (Å²) < 4.78 is 19.7. The number of aromatic amines is 1. The number of halogens is 2. The van der Waals surface area contributed by atoms with E-state index in [9.17, 15) is 4.39 Å². The van der Waals surface area contributed by atoms with E-state index in [1.807, 2.05) is 30.3 Å². The van der Waals surface area contributed by atoms with Crippen LogP contribution in [-0.2, 0) is 0 Å². The van der Waals surface area contributed by atoms with Gasteiger partial charge in [0.25, 0.3) is 0 Å². The molecule has 1 heterocycles. The van der Waals surface area contributed by atoms with Crippen LogP contribution < -0.4 is 10.5 Å². The lowest BCUT2D eigenvalue weighted by atomic mass is 10.0. The van der Waals surface area contributed by atoms with Crippen LogP contribution in [0.1, 0.15) is 0 Å². The lowest BCUT2D eigenvalue weighted by molar-refractivity contribution is 0.469. The minimum atomic E-state index is -0.306. The van der Waals surface area contributed by atoms with Gasteiger partial charge in [-0.15, -0.1) is 0 Å². The van der Waals surface area contributed by atoms with Gasteiger partial charge in [-0.2, -0.15) is 0 Å². The number of para-hydroxylation sites is 1. The first-order valence-corrected chi connectivity index (χ1v) is 8.09. The summed E-state index contributed by atoms with van der Waals surface area (Å²) in [5, 5.41) is 1.35. The Morgan fingerprint density at radius 2 is 1.80 bits per heavy atom. The van der Waals surface area contributed by atoms with Gasteiger partial charge in [0, 0.05) is 16.6 Å². The summed E-state index contributed by atoms with van der Waals surface area (Å²) in [5.74, 6) is 0.665. The zero-order valence-electron chi connectivity index (χ0n) is 13.1. The summed E-state index contributed by atoms with van der Waals surface area (Å²) in [5.41, 5.74) is 8.68. The van der Waals surface area contributed by atoms with E-state index in [-0.39, 0.29) is 5.82 Å². The molecule has 3 nitrogen and oxygen atoms in total. The Kier molecular flexibility index (Phi) is 3.82. The smallest absolute Gasteiger partial charge is 0.206 e. The van der Waals surface area contributed by atoms with Crippen molar-refractivity contribution in [1.82, 2.24) is 4.98 Å². The van der Waals surface area contributed by atoms with Crippen molar-refractivity contribution in [1.29, 1.82) is 0 Å². The van der Waals surface area contributed by atoms with Crippen molar-refractivity contribution in [2.45, 2.75) is 0 Å². The second kappa shape index (κ2) is 6.15. The molecule has 0 spiro atoms. The summed E-state index contributed by atoms with van der Waals surface area (Å²) in [6.45, 7) is 0. The molecule has 0 bridgehead atoms. The van der Waals surface area contributed by atoms with E-state index in [1.165, 1.54) is 12.1 Å². The van der Waals surface area contributed by atoms with E-state index in [2.05, 4.69) is 4.98 Å². The molecule has 1 aromatic heterocycles. The third-order valence-corrected chi connectivity index (χ3v) is 4.25. The van der Waals surface area contributed by atoms with E-state index in [0.717, 1.165) is 22.0 Å².